The number of furan rings is 1. The van der Waals surface area contributed by atoms with Gasteiger partial charge in [0.15, 0.2) is 69.9 Å². The van der Waals surface area contributed by atoms with E-state index >= 15 is 0 Å². The van der Waals surface area contributed by atoms with Crippen molar-refractivity contribution >= 4 is 85.0 Å². The number of fused-ring (bicyclic) bond motifs is 9. The summed E-state index contributed by atoms with van der Waals surface area (Å²) in [6.07, 6.45) is 0. The van der Waals surface area contributed by atoms with Gasteiger partial charge in [0.2, 0.25) is 0 Å². The molecule has 15 heteroatoms. The second kappa shape index (κ2) is 28.6. The van der Waals surface area contributed by atoms with Crippen LogP contribution in [0.1, 0.15) is 0 Å². The molecule has 0 saturated carbocycles. The first-order valence-corrected chi connectivity index (χ1v) is 38.0. The van der Waals surface area contributed by atoms with Gasteiger partial charge in [-0.1, -0.05) is 309 Å². The minimum Gasteiger partial charge on any atom is -0.455 e. The molecule has 0 aliphatic rings. The van der Waals surface area contributed by atoms with Crippen LogP contribution in [0, 0.1) is 0 Å². The highest BCUT2D eigenvalue weighted by atomic mass is 32.1. The Morgan fingerprint density at radius 1 is 0.180 bits per heavy atom. The predicted octanol–water partition coefficient (Wildman–Crippen LogP) is 24.4. The molecule has 0 unspecified atom stereocenters. The Kier molecular flexibility index (Phi) is 17.0. The summed E-state index contributed by atoms with van der Waals surface area (Å²) in [6, 6.07) is 119. The van der Waals surface area contributed by atoms with Crippen molar-refractivity contribution in [1.82, 2.24) is 59.8 Å². The van der Waals surface area contributed by atoms with Gasteiger partial charge in [0.05, 0.1) is 5.56 Å². The maximum atomic E-state index is 6.45. The van der Waals surface area contributed by atoms with Crippen LogP contribution in [0.15, 0.2) is 356 Å². The molecule has 0 fully saturated rings. The standard InChI is InChI=1S/C48H28N6OS.C48H30N6S/c1-4-15-29(16-5-1)43-49-44(30-17-6-2-7-18-30)51-46(50-43)35-24-14-28-39-40(35)34-23-13-26-37(42(34)56-39)48-53-45(31-19-8-3-9-20-31)52-47(54-48)36-25-12-22-33-32-21-10-11-27-38(32)55-41(33)36;1-5-16-31(17-6-1)35-24-13-25-36(30-35)46-50-45(34-22-11-4-12-23-34)53-48(54-46)39-28-14-26-37-41-38(27-15-29-40(41)55-42(37)39)47-51-43(32-18-7-2-8-19-32)49-44(52-47)33-20-9-3-10-21-33/h1-28H;1-30H. The zero-order valence-electron chi connectivity index (χ0n) is 59.1. The molecule has 0 atom stereocenters. The Hall–Kier alpha value is -14.6. The monoisotopic (exact) mass is 1460 g/mol. The lowest BCUT2D eigenvalue weighted by Crippen LogP contribution is -2.00. The summed E-state index contributed by atoms with van der Waals surface area (Å²) in [5.74, 6) is 7.31. The molecule has 0 radical (unpaired) electrons. The Morgan fingerprint density at radius 2 is 0.441 bits per heavy atom. The van der Waals surface area contributed by atoms with Gasteiger partial charge in [-0.3, -0.25) is 0 Å². The van der Waals surface area contributed by atoms with E-state index in [2.05, 4.69) is 133 Å². The molecular formula is C96H58N12OS2. The minimum atomic E-state index is 0.546. The molecule has 14 aromatic carbocycles. The fourth-order valence-electron chi connectivity index (χ4n) is 14.3. The van der Waals surface area contributed by atoms with Gasteiger partial charge in [0.25, 0.3) is 0 Å². The highest BCUT2D eigenvalue weighted by Gasteiger charge is 2.25. The normalized spacial score (nSPS) is 11.4. The van der Waals surface area contributed by atoms with E-state index in [1.165, 1.54) is 0 Å². The molecule has 0 N–H and O–H groups in total. The summed E-state index contributed by atoms with van der Waals surface area (Å²) < 4.78 is 10.8. The van der Waals surface area contributed by atoms with Crippen molar-refractivity contribution in [1.29, 1.82) is 0 Å². The van der Waals surface area contributed by atoms with Crippen LogP contribution < -0.4 is 0 Å². The average molecular weight is 1460 g/mol. The van der Waals surface area contributed by atoms with Crippen molar-refractivity contribution < 1.29 is 4.42 Å². The molecule has 0 saturated heterocycles. The summed E-state index contributed by atoms with van der Waals surface area (Å²) in [6.45, 7) is 0. The van der Waals surface area contributed by atoms with E-state index in [1.54, 1.807) is 22.7 Å². The highest BCUT2D eigenvalue weighted by molar-refractivity contribution is 7.27. The molecule has 0 aliphatic heterocycles. The van der Waals surface area contributed by atoms with Crippen LogP contribution in [-0.2, 0) is 0 Å². The number of rotatable bonds is 13. The van der Waals surface area contributed by atoms with E-state index < -0.39 is 0 Å². The van der Waals surface area contributed by atoms with Gasteiger partial charge in [-0.25, -0.2) is 59.8 Å². The van der Waals surface area contributed by atoms with Gasteiger partial charge >= 0.3 is 0 Å². The number of thiophene rings is 2. The third-order valence-corrected chi connectivity index (χ3v) is 22.0. The number of aromatic nitrogens is 12. The van der Waals surface area contributed by atoms with Crippen LogP contribution in [0.25, 0.3) is 210 Å². The van der Waals surface area contributed by atoms with Crippen LogP contribution in [0.5, 0.6) is 0 Å². The van der Waals surface area contributed by atoms with Crippen molar-refractivity contribution in [3.63, 3.8) is 0 Å². The lowest BCUT2D eigenvalue weighted by atomic mass is 10.0. The number of benzene rings is 14. The lowest BCUT2D eigenvalue weighted by molar-refractivity contribution is 0.669. The van der Waals surface area contributed by atoms with Crippen LogP contribution in [0.2, 0.25) is 0 Å². The Balaban J connectivity index is 0.000000145. The summed E-state index contributed by atoms with van der Waals surface area (Å²) in [5, 5.41) is 6.39. The van der Waals surface area contributed by atoms with Gasteiger partial charge in [-0.2, -0.15) is 0 Å². The Labute approximate surface area is 644 Å². The Bertz CT molecular complexity index is 6960. The van der Waals surface area contributed by atoms with E-state index in [4.69, 9.17) is 64.2 Å². The van der Waals surface area contributed by atoms with Crippen LogP contribution in [0.3, 0.4) is 0 Å². The first-order chi connectivity index (χ1) is 55.0. The first kappa shape index (κ1) is 65.8. The summed E-state index contributed by atoms with van der Waals surface area (Å²) >= 11 is 3.44. The fraction of sp³-hybridized carbons (Fsp3) is 0. The smallest absolute Gasteiger partial charge is 0.167 e. The summed E-state index contributed by atoms with van der Waals surface area (Å²) in [5.41, 5.74) is 14.8. The predicted molar refractivity (Wildman–Crippen MR) is 450 cm³/mol. The van der Waals surface area contributed by atoms with Crippen molar-refractivity contribution in [3.8, 4) is 148 Å². The van der Waals surface area contributed by atoms with Gasteiger partial charge in [-0.15, -0.1) is 22.7 Å². The quantitative estimate of drug-likeness (QED) is 0.107. The van der Waals surface area contributed by atoms with Crippen molar-refractivity contribution in [2.45, 2.75) is 0 Å². The maximum absolute atomic E-state index is 6.45. The maximum Gasteiger partial charge on any atom is 0.167 e. The molecule has 0 aliphatic carbocycles. The van der Waals surface area contributed by atoms with Crippen molar-refractivity contribution in [2.75, 3.05) is 0 Å². The topological polar surface area (TPSA) is 168 Å². The van der Waals surface area contributed by atoms with Crippen molar-refractivity contribution in [3.05, 3.63) is 352 Å². The molecule has 0 bridgehead atoms. The molecule has 0 amide bonds. The van der Waals surface area contributed by atoms with E-state index in [1.807, 2.05) is 218 Å². The largest absolute Gasteiger partial charge is 0.455 e. The van der Waals surface area contributed by atoms with Crippen LogP contribution in [-0.4, -0.2) is 59.8 Å². The number of hydrogen-bond acceptors (Lipinski definition) is 15. The molecule has 7 heterocycles. The second-order valence-corrected chi connectivity index (χ2v) is 28.7. The molecule has 520 valence electrons. The number of para-hydroxylation sites is 2. The third-order valence-electron chi connectivity index (χ3n) is 19.6. The van der Waals surface area contributed by atoms with E-state index in [0.717, 1.165) is 140 Å². The van der Waals surface area contributed by atoms with Gasteiger partial charge in [-0.05, 0) is 53.6 Å². The van der Waals surface area contributed by atoms with Gasteiger partial charge < -0.3 is 4.42 Å². The SMILES string of the molecule is c1ccc(-c2cccc(-c3nc(-c4ccccc4)nc(-c4cccc5c4sc4cccc(-c6nc(-c7ccccc7)nc(-c7ccccc7)n6)c45)n3)c2)cc1.c1ccc(-c2nc(-c3cccc4c3oc3ccccc34)nc(-c3cccc4c3sc3cccc(-c5nc(-c6ccccc6)nc(-c6ccccc6)n5)c34)n2)cc1. The average Bonchev–Trinajstić information content (AvgIpc) is 1.60. The zero-order chi connectivity index (χ0) is 73.6. The number of nitrogens with zero attached hydrogens (tertiary/aromatic N) is 12. The molecular weight excluding hydrogens is 1400 g/mol. The lowest BCUT2D eigenvalue weighted by Gasteiger charge is -2.10. The zero-order valence-corrected chi connectivity index (χ0v) is 60.7. The number of hydrogen-bond donors (Lipinski definition) is 0. The minimum absolute atomic E-state index is 0.546. The molecule has 0 spiro atoms. The summed E-state index contributed by atoms with van der Waals surface area (Å²) in [7, 11) is 0. The Morgan fingerprint density at radius 3 is 0.847 bits per heavy atom. The molecule has 13 nitrogen and oxygen atoms in total. The van der Waals surface area contributed by atoms with Gasteiger partial charge in [0.1, 0.15) is 11.2 Å². The van der Waals surface area contributed by atoms with E-state index in [9.17, 15) is 0 Å². The molecule has 111 heavy (non-hydrogen) atoms. The third kappa shape index (κ3) is 12.6. The second-order valence-electron chi connectivity index (χ2n) is 26.6. The van der Waals surface area contributed by atoms with E-state index in [-0.39, 0.29) is 0 Å². The van der Waals surface area contributed by atoms with Crippen LogP contribution in [0.4, 0.5) is 0 Å². The first-order valence-electron chi connectivity index (χ1n) is 36.3. The molecule has 21 rings (SSSR count). The summed E-state index contributed by atoms with van der Waals surface area (Å²) in [4.78, 5) is 60.9. The van der Waals surface area contributed by atoms with Crippen molar-refractivity contribution in [2.24, 2.45) is 0 Å². The molecule has 21 aromatic rings. The highest BCUT2D eigenvalue weighted by Crippen LogP contribution is 2.47. The van der Waals surface area contributed by atoms with E-state index in [0.29, 0.717) is 69.9 Å². The fourth-order valence-corrected chi connectivity index (χ4v) is 16.8. The van der Waals surface area contributed by atoms with Gasteiger partial charge in [0, 0.05) is 112 Å². The van der Waals surface area contributed by atoms with Crippen LogP contribution >= 0.6 is 22.7 Å². The molecule has 7 aromatic heterocycles.